The summed E-state index contributed by atoms with van der Waals surface area (Å²) in [6.45, 7) is -0.211. The Balaban J connectivity index is 1.66. The van der Waals surface area contributed by atoms with E-state index >= 15 is 0 Å². The van der Waals surface area contributed by atoms with Crippen molar-refractivity contribution in [1.29, 1.82) is 0 Å². The van der Waals surface area contributed by atoms with Gasteiger partial charge in [0.2, 0.25) is 0 Å². The number of hydrogen-bond acceptors (Lipinski definition) is 14. The van der Waals surface area contributed by atoms with Crippen molar-refractivity contribution in [3.63, 3.8) is 0 Å². The van der Waals surface area contributed by atoms with Gasteiger partial charge in [0.1, 0.15) is 48.8 Å². The van der Waals surface area contributed by atoms with E-state index in [9.17, 15) is 30.6 Å². The molecule has 3 aliphatic rings. The molecule has 2 saturated heterocycles. The van der Waals surface area contributed by atoms with Gasteiger partial charge in [-0.1, -0.05) is 0 Å². The molecule has 14 atom stereocenters. The van der Waals surface area contributed by atoms with Gasteiger partial charge in [-0.2, -0.15) is 0 Å². The van der Waals surface area contributed by atoms with E-state index in [0.717, 1.165) is 0 Å². The van der Waals surface area contributed by atoms with E-state index in [4.69, 9.17) is 41.9 Å². The Morgan fingerprint density at radius 3 is 1.31 bits per heavy atom. The lowest BCUT2D eigenvalue weighted by Gasteiger charge is -2.46. The molecule has 0 aromatic rings. The van der Waals surface area contributed by atoms with Gasteiger partial charge in [0.25, 0.3) is 0 Å². The molecule has 0 bridgehead atoms. The number of nitrogens with two attached hydrogens (primary N) is 4. The molecule has 5 unspecified atom stereocenters. The molecule has 14 N–H and O–H groups in total. The molecule has 1 saturated carbocycles. The first kappa shape index (κ1) is 26.1. The molecule has 2 heterocycles. The topological polar surface area (TPSA) is 262 Å². The summed E-state index contributed by atoms with van der Waals surface area (Å²) in [6.07, 6.45) is -14.5. The number of hydrogen-bond donors (Lipinski definition) is 10. The first-order chi connectivity index (χ1) is 15.1. The van der Waals surface area contributed by atoms with Crippen LogP contribution in [-0.2, 0) is 18.9 Å². The zero-order valence-electron chi connectivity index (χ0n) is 17.5. The summed E-state index contributed by atoms with van der Waals surface area (Å²) < 4.78 is 22.6. The summed E-state index contributed by atoms with van der Waals surface area (Å²) in [5.41, 5.74) is 23.4. The summed E-state index contributed by atoms with van der Waals surface area (Å²) >= 11 is 0. The average molecular weight is 469 g/mol. The lowest BCUT2D eigenvalue weighted by molar-refractivity contribution is -0.323. The molecule has 0 aromatic carbocycles. The fourth-order valence-corrected chi connectivity index (χ4v) is 4.30. The maximum Gasteiger partial charge on any atom is 0.186 e. The summed E-state index contributed by atoms with van der Waals surface area (Å²) in [5, 5.41) is 60.5. The molecule has 14 heteroatoms. The van der Waals surface area contributed by atoms with Crippen LogP contribution < -0.4 is 22.9 Å². The smallest absolute Gasteiger partial charge is 0.186 e. The molecule has 188 valence electrons. The van der Waals surface area contributed by atoms with Gasteiger partial charge >= 0.3 is 0 Å². The normalized spacial score (nSPS) is 52.7. The second-order valence-electron chi connectivity index (χ2n) is 8.65. The van der Waals surface area contributed by atoms with Crippen molar-refractivity contribution in [3.8, 4) is 0 Å². The molecule has 0 aromatic heterocycles. The molecule has 3 fully saturated rings. The Morgan fingerprint density at radius 2 is 0.969 bits per heavy atom. The van der Waals surface area contributed by atoms with Crippen molar-refractivity contribution < 1.29 is 49.6 Å². The van der Waals surface area contributed by atoms with Crippen LogP contribution in [0.15, 0.2) is 0 Å². The van der Waals surface area contributed by atoms with Crippen molar-refractivity contribution >= 4 is 0 Å². The molecule has 2 aliphatic heterocycles. The highest BCUT2D eigenvalue weighted by Crippen LogP contribution is 2.31. The highest BCUT2D eigenvalue weighted by atomic mass is 16.7. The van der Waals surface area contributed by atoms with Crippen LogP contribution in [0.3, 0.4) is 0 Å². The third kappa shape index (κ3) is 5.24. The van der Waals surface area contributed by atoms with E-state index in [2.05, 4.69) is 0 Å². The van der Waals surface area contributed by atoms with Crippen molar-refractivity contribution in [2.75, 3.05) is 13.1 Å². The standard InChI is InChI=1S/C18H36N4O10/c19-3-9-11(23)13(25)15(27)17(31-9)29-7-2-8(6(22)1-5(7)21)30-18-16(28)14(26)12(24)10(4-20)32-18/h5-18,23-28H,1-4,19-22H2/t5-,6?,7?,8-,9-,10-,11-,12?,13?,14+,15-,16-,17?,18+/m1/s1. The molecule has 1 aliphatic carbocycles. The first-order valence-corrected chi connectivity index (χ1v) is 10.7. The Kier molecular flexibility index (Phi) is 8.79. The van der Waals surface area contributed by atoms with Gasteiger partial charge in [-0.05, 0) is 6.42 Å². The molecule has 0 spiro atoms. The summed E-state index contributed by atoms with van der Waals surface area (Å²) in [6, 6.07) is -1.13. The molecule has 14 nitrogen and oxygen atoms in total. The number of aliphatic hydroxyl groups is 6. The fourth-order valence-electron chi connectivity index (χ4n) is 4.30. The van der Waals surface area contributed by atoms with Crippen LogP contribution in [0.1, 0.15) is 12.8 Å². The van der Waals surface area contributed by atoms with E-state index in [1.807, 2.05) is 0 Å². The second-order valence-corrected chi connectivity index (χ2v) is 8.65. The largest absolute Gasteiger partial charge is 0.388 e. The summed E-state index contributed by atoms with van der Waals surface area (Å²) in [7, 11) is 0. The van der Waals surface area contributed by atoms with Crippen LogP contribution in [0.5, 0.6) is 0 Å². The Labute approximate surface area is 185 Å². The summed E-state index contributed by atoms with van der Waals surface area (Å²) in [4.78, 5) is 0. The van der Waals surface area contributed by atoms with Crippen molar-refractivity contribution in [3.05, 3.63) is 0 Å². The SMILES string of the molecule is NC[C@H]1O[C@H](O[C@@H]2CC(OC3O[C@H](CN)[C@@H](O)C(O)[C@H]3O)[C@H](N)CC2N)[C@H](O)[C@@H](O)C1O. The van der Waals surface area contributed by atoms with Crippen molar-refractivity contribution in [2.24, 2.45) is 22.9 Å². The van der Waals surface area contributed by atoms with E-state index in [1.165, 1.54) is 0 Å². The Bertz CT molecular complexity index is 556. The van der Waals surface area contributed by atoms with Crippen molar-refractivity contribution in [2.45, 2.75) is 98.5 Å². The highest BCUT2D eigenvalue weighted by Gasteiger charge is 2.48. The Hall–Kier alpha value is -0.560. The molecule has 0 radical (unpaired) electrons. The van der Waals surface area contributed by atoms with E-state index < -0.39 is 85.7 Å². The predicted octanol–water partition coefficient (Wildman–Crippen LogP) is -6.26. The van der Waals surface area contributed by atoms with Crippen LogP contribution in [0.4, 0.5) is 0 Å². The molecule has 32 heavy (non-hydrogen) atoms. The minimum atomic E-state index is -1.54. The first-order valence-electron chi connectivity index (χ1n) is 10.7. The predicted molar refractivity (Wildman–Crippen MR) is 106 cm³/mol. The third-order valence-electron chi connectivity index (χ3n) is 6.38. The van der Waals surface area contributed by atoms with Crippen LogP contribution in [0.25, 0.3) is 0 Å². The van der Waals surface area contributed by atoms with Gasteiger partial charge in [-0.15, -0.1) is 0 Å². The Morgan fingerprint density at radius 1 is 0.594 bits per heavy atom. The van der Waals surface area contributed by atoms with Crippen LogP contribution in [-0.4, -0.2) is 129 Å². The van der Waals surface area contributed by atoms with Crippen LogP contribution in [0, 0.1) is 0 Å². The molecular formula is C18H36N4O10. The molecule has 0 amide bonds. The monoisotopic (exact) mass is 468 g/mol. The molecule has 3 rings (SSSR count). The number of aliphatic hydroxyl groups excluding tert-OH is 6. The molecular weight excluding hydrogens is 432 g/mol. The van der Waals surface area contributed by atoms with E-state index in [-0.39, 0.29) is 25.9 Å². The zero-order chi connectivity index (χ0) is 23.7. The summed E-state index contributed by atoms with van der Waals surface area (Å²) in [5.74, 6) is 0. The number of rotatable bonds is 6. The number of ether oxygens (including phenoxy) is 4. The van der Waals surface area contributed by atoms with Gasteiger partial charge in [-0.3, -0.25) is 0 Å². The van der Waals surface area contributed by atoms with Gasteiger partial charge in [-0.25, -0.2) is 0 Å². The van der Waals surface area contributed by atoms with Gasteiger partial charge < -0.3 is 72.5 Å². The van der Waals surface area contributed by atoms with Gasteiger partial charge in [0.15, 0.2) is 12.6 Å². The van der Waals surface area contributed by atoms with E-state index in [0.29, 0.717) is 0 Å². The fraction of sp³-hybridized carbons (Fsp3) is 1.00. The minimum absolute atomic E-state index is 0.106. The lowest BCUT2D eigenvalue weighted by Crippen LogP contribution is -2.64. The maximum atomic E-state index is 10.2. The average Bonchev–Trinajstić information content (AvgIpc) is 2.77. The van der Waals surface area contributed by atoms with Crippen molar-refractivity contribution in [1.82, 2.24) is 0 Å². The second kappa shape index (κ2) is 10.8. The zero-order valence-corrected chi connectivity index (χ0v) is 17.5. The maximum absolute atomic E-state index is 10.2. The van der Waals surface area contributed by atoms with Gasteiger partial charge in [0, 0.05) is 31.6 Å². The van der Waals surface area contributed by atoms with E-state index in [1.54, 1.807) is 0 Å². The third-order valence-corrected chi connectivity index (χ3v) is 6.38. The lowest BCUT2D eigenvalue weighted by atomic mass is 9.86. The van der Waals surface area contributed by atoms with Crippen LogP contribution in [0.2, 0.25) is 0 Å². The van der Waals surface area contributed by atoms with Gasteiger partial charge in [0.05, 0.1) is 12.2 Å². The quantitative estimate of drug-likeness (QED) is 0.174. The highest BCUT2D eigenvalue weighted by molar-refractivity contribution is 4.96. The minimum Gasteiger partial charge on any atom is -0.388 e. The van der Waals surface area contributed by atoms with Crippen LogP contribution >= 0.6 is 0 Å².